The first-order valence-corrected chi connectivity index (χ1v) is 5.56. The highest BCUT2D eigenvalue weighted by Gasteiger charge is 2.32. The quantitative estimate of drug-likeness (QED) is 0.428. The van der Waals surface area contributed by atoms with E-state index in [-0.39, 0.29) is 4.97 Å². The molecular formula is C10H24NO3+. The van der Waals surface area contributed by atoms with Crippen LogP contribution >= 0.6 is 0 Å². The Morgan fingerprint density at radius 1 is 0.786 bits per heavy atom. The molecule has 0 aliphatic carbocycles. The van der Waals surface area contributed by atoms with Gasteiger partial charge in [-0.3, -0.25) is 0 Å². The fraction of sp³-hybridized carbons (Fsp3) is 1.00. The molecule has 0 unspecified atom stereocenters. The molecule has 0 radical (unpaired) electrons. The van der Waals surface area contributed by atoms with Crippen molar-refractivity contribution in [3.63, 3.8) is 0 Å². The van der Waals surface area contributed by atoms with Crippen LogP contribution in [-0.4, -0.2) is 31.3 Å². The topological polar surface area (TPSA) is 27.7 Å². The average Bonchev–Trinajstić information content (AvgIpc) is 2.16. The first-order chi connectivity index (χ1) is 6.74. The molecule has 0 aromatic rings. The van der Waals surface area contributed by atoms with Crippen LogP contribution in [0.4, 0.5) is 0 Å². The van der Waals surface area contributed by atoms with Crippen molar-refractivity contribution < 1.29 is 19.5 Å². The highest BCUT2D eigenvalue weighted by Crippen LogP contribution is 2.13. The summed E-state index contributed by atoms with van der Waals surface area (Å²) in [5.41, 5.74) is 0. The summed E-state index contributed by atoms with van der Waals surface area (Å²) >= 11 is 0. The molecule has 0 heterocycles. The van der Waals surface area contributed by atoms with Gasteiger partial charge in [0.1, 0.15) is 19.8 Å². The van der Waals surface area contributed by atoms with Crippen LogP contribution in [-0.2, 0) is 14.5 Å². The maximum absolute atomic E-state index is 5.51. The standard InChI is InChI=1S/C10H24NO3/c1-5-9-10-11(12-6-2,13-7-3)14-8-4/h5-10H2,1-4H3/q+1. The molecule has 0 aliphatic rings. The van der Waals surface area contributed by atoms with Gasteiger partial charge in [0.05, 0.1) is 4.97 Å². The molecule has 0 aromatic heterocycles. The van der Waals surface area contributed by atoms with Gasteiger partial charge in [-0.1, -0.05) is 13.3 Å². The lowest BCUT2D eigenvalue weighted by molar-refractivity contribution is -1.37. The van der Waals surface area contributed by atoms with Crippen molar-refractivity contribution in [1.29, 1.82) is 0 Å². The number of quaternary nitrogens is 1. The summed E-state index contributed by atoms with van der Waals surface area (Å²) in [7, 11) is 0. The molecule has 86 valence electrons. The minimum Gasteiger partial charge on any atom is -0.132 e. The van der Waals surface area contributed by atoms with Gasteiger partial charge in [-0.25, -0.2) is 0 Å². The van der Waals surface area contributed by atoms with E-state index in [1.165, 1.54) is 0 Å². The van der Waals surface area contributed by atoms with Crippen LogP contribution in [0.15, 0.2) is 0 Å². The second kappa shape index (κ2) is 8.17. The third-order valence-electron chi connectivity index (χ3n) is 1.76. The fourth-order valence-corrected chi connectivity index (χ4v) is 1.25. The van der Waals surface area contributed by atoms with E-state index in [4.69, 9.17) is 14.5 Å². The molecule has 0 bridgehead atoms. The van der Waals surface area contributed by atoms with Crippen LogP contribution in [0.5, 0.6) is 0 Å². The summed E-state index contributed by atoms with van der Waals surface area (Å²) in [6.45, 7) is 10.5. The molecule has 0 rings (SSSR count). The van der Waals surface area contributed by atoms with E-state index in [1.807, 2.05) is 20.8 Å². The third kappa shape index (κ3) is 4.91. The molecule has 0 fully saturated rings. The van der Waals surface area contributed by atoms with Crippen LogP contribution in [0.3, 0.4) is 0 Å². The summed E-state index contributed by atoms with van der Waals surface area (Å²) in [6, 6.07) is 0. The first-order valence-electron chi connectivity index (χ1n) is 5.56. The SMILES string of the molecule is CCCC[N+](OCC)(OCC)OCC. The van der Waals surface area contributed by atoms with Gasteiger partial charge in [-0.05, 0) is 20.8 Å². The molecule has 0 aromatic carbocycles. The zero-order chi connectivity index (χ0) is 10.9. The number of nitrogens with zero attached hydrogens (tertiary/aromatic N) is 1. The Morgan fingerprint density at radius 3 is 1.50 bits per heavy atom. The van der Waals surface area contributed by atoms with E-state index < -0.39 is 0 Å². The molecule has 0 aliphatic heterocycles. The molecule has 14 heavy (non-hydrogen) atoms. The Balaban J connectivity index is 4.21. The zero-order valence-corrected chi connectivity index (χ0v) is 9.91. The maximum Gasteiger partial charge on any atom is 0.178 e. The van der Waals surface area contributed by atoms with Gasteiger partial charge in [-0.2, -0.15) is 0 Å². The molecular weight excluding hydrogens is 182 g/mol. The van der Waals surface area contributed by atoms with Gasteiger partial charge in [-0.15, -0.1) is 14.5 Å². The zero-order valence-electron chi connectivity index (χ0n) is 9.91. The van der Waals surface area contributed by atoms with Gasteiger partial charge >= 0.3 is 0 Å². The van der Waals surface area contributed by atoms with Crippen LogP contribution in [0.1, 0.15) is 40.5 Å². The average molecular weight is 206 g/mol. The minimum absolute atomic E-state index is 0.114. The molecule has 0 N–H and O–H groups in total. The van der Waals surface area contributed by atoms with Gasteiger partial charge in [0.25, 0.3) is 0 Å². The lowest BCUT2D eigenvalue weighted by Gasteiger charge is -2.28. The van der Waals surface area contributed by atoms with E-state index in [1.54, 1.807) is 0 Å². The number of hydrogen-bond acceptors (Lipinski definition) is 3. The van der Waals surface area contributed by atoms with E-state index in [0.717, 1.165) is 19.4 Å². The van der Waals surface area contributed by atoms with Crippen molar-refractivity contribution >= 4 is 0 Å². The van der Waals surface area contributed by atoms with E-state index in [2.05, 4.69) is 6.92 Å². The van der Waals surface area contributed by atoms with Gasteiger partial charge in [0, 0.05) is 6.42 Å². The Bertz CT molecular complexity index is 114. The molecule has 0 atom stereocenters. The summed E-state index contributed by atoms with van der Waals surface area (Å²) in [4.78, 5) is 16.4. The van der Waals surface area contributed by atoms with Gasteiger partial charge < -0.3 is 0 Å². The normalized spacial score (nSPS) is 12.0. The van der Waals surface area contributed by atoms with Crippen LogP contribution in [0, 0.1) is 0 Å². The maximum atomic E-state index is 5.51. The second-order valence-corrected chi connectivity index (χ2v) is 2.94. The Morgan fingerprint density at radius 2 is 1.21 bits per heavy atom. The van der Waals surface area contributed by atoms with E-state index in [0.29, 0.717) is 19.8 Å². The smallest absolute Gasteiger partial charge is 0.132 e. The number of rotatable bonds is 9. The first kappa shape index (κ1) is 13.8. The molecule has 0 spiro atoms. The van der Waals surface area contributed by atoms with E-state index >= 15 is 0 Å². The molecule has 0 saturated carbocycles. The Kier molecular flexibility index (Phi) is 8.08. The number of unbranched alkanes of at least 4 members (excludes halogenated alkanes) is 1. The van der Waals surface area contributed by atoms with Crippen LogP contribution in [0.2, 0.25) is 0 Å². The number of hydroxylamine groups is 3. The van der Waals surface area contributed by atoms with E-state index in [9.17, 15) is 0 Å². The lowest BCUT2D eigenvalue weighted by Crippen LogP contribution is -2.48. The van der Waals surface area contributed by atoms with Gasteiger partial charge in [0.2, 0.25) is 0 Å². The summed E-state index contributed by atoms with van der Waals surface area (Å²) < 4.78 is 0. The monoisotopic (exact) mass is 206 g/mol. The highest BCUT2D eigenvalue weighted by atomic mass is 17.2. The van der Waals surface area contributed by atoms with Crippen molar-refractivity contribution in [2.45, 2.75) is 40.5 Å². The Labute approximate surface area is 87.2 Å². The van der Waals surface area contributed by atoms with Crippen molar-refractivity contribution in [2.75, 3.05) is 26.4 Å². The predicted molar refractivity (Wildman–Crippen MR) is 54.9 cm³/mol. The van der Waals surface area contributed by atoms with Crippen molar-refractivity contribution in [2.24, 2.45) is 0 Å². The van der Waals surface area contributed by atoms with Gasteiger partial charge in [0.15, 0.2) is 6.54 Å². The molecule has 0 saturated heterocycles. The Hall–Kier alpha value is -0.160. The third-order valence-corrected chi connectivity index (χ3v) is 1.76. The summed E-state index contributed by atoms with van der Waals surface area (Å²) in [6.07, 6.45) is 2.13. The van der Waals surface area contributed by atoms with Crippen LogP contribution < -0.4 is 0 Å². The van der Waals surface area contributed by atoms with Crippen molar-refractivity contribution in [3.8, 4) is 0 Å². The molecule has 4 heteroatoms. The minimum atomic E-state index is -0.114. The second-order valence-electron chi connectivity index (χ2n) is 2.94. The lowest BCUT2D eigenvalue weighted by atomic mass is 10.3. The van der Waals surface area contributed by atoms with Crippen molar-refractivity contribution in [1.82, 2.24) is 0 Å². The van der Waals surface area contributed by atoms with Crippen LogP contribution in [0.25, 0.3) is 0 Å². The predicted octanol–water partition coefficient (Wildman–Crippen LogP) is 2.46. The summed E-state index contributed by atoms with van der Waals surface area (Å²) in [5.74, 6) is 0. The van der Waals surface area contributed by atoms with Crippen molar-refractivity contribution in [3.05, 3.63) is 0 Å². The molecule has 4 nitrogen and oxygen atoms in total. The highest BCUT2D eigenvalue weighted by molar-refractivity contribution is 4.26. The number of hydrogen-bond donors (Lipinski definition) is 0. The molecule has 0 amide bonds. The largest absolute Gasteiger partial charge is 0.178 e. The summed E-state index contributed by atoms with van der Waals surface area (Å²) in [5, 5.41) is 0. The fourth-order valence-electron chi connectivity index (χ4n) is 1.25.